The average molecular weight is 354 g/mol. The van der Waals surface area contributed by atoms with Crippen LogP contribution in [-0.4, -0.2) is 0 Å². The largest absolute Gasteiger partial charge is 0.206 e. The third-order valence-corrected chi connectivity index (χ3v) is 4.65. The number of rotatable bonds is 5. The lowest BCUT2D eigenvalue weighted by Crippen LogP contribution is -1.97. The van der Waals surface area contributed by atoms with Gasteiger partial charge in [0.05, 0.1) is 0 Å². The molecule has 0 nitrogen and oxygen atoms in total. The van der Waals surface area contributed by atoms with Crippen LogP contribution in [0.15, 0.2) is 54.6 Å². The van der Waals surface area contributed by atoms with E-state index in [2.05, 4.69) is 6.92 Å². The summed E-state index contributed by atoms with van der Waals surface area (Å²) in [6.45, 7) is 3.73. The predicted octanol–water partition coefficient (Wildman–Crippen LogP) is 7.09. The zero-order valence-electron chi connectivity index (χ0n) is 15.0. The van der Waals surface area contributed by atoms with Crippen LogP contribution in [0.2, 0.25) is 0 Å². The maximum absolute atomic E-state index is 14.7. The fourth-order valence-electron chi connectivity index (χ4n) is 3.07. The average Bonchev–Trinajstić information content (AvgIpc) is 2.65. The van der Waals surface area contributed by atoms with E-state index < -0.39 is 17.5 Å². The fraction of sp³-hybridized carbons (Fsp3) is 0.217. The van der Waals surface area contributed by atoms with Gasteiger partial charge in [0.15, 0.2) is 11.6 Å². The summed E-state index contributed by atoms with van der Waals surface area (Å²) in [5, 5.41) is 0. The molecule has 0 aliphatic carbocycles. The molecule has 3 aromatic carbocycles. The Labute approximate surface area is 152 Å². The van der Waals surface area contributed by atoms with Gasteiger partial charge in [0.1, 0.15) is 5.82 Å². The summed E-state index contributed by atoms with van der Waals surface area (Å²) in [5.41, 5.74) is 2.37. The van der Waals surface area contributed by atoms with E-state index in [1.165, 1.54) is 23.8 Å². The molecule has 26 heavy (non-hydrogen) atoms. The van der Waals surface area contributed by atoms with Gasteiger partial charge in [-0.25, -0.2) is 13.2 Å². The third-order valence-electron chi connectivity index (χ3n) is 4.65. The molecule has 3 rings (SSSR count). The Balaban J connectivity index is 1.99. The molecule has 0 aliphatic rings. The van der Waals surface area contributed by atoms with Crippen molar-refractivity contribution in [2.75, 3.05) is 0 Å². The first-order chi connectivity index (χ1) is 12.5. The van der Waals surface area contributed by atoms with Gasteiger partial charge < -0.3 is 0 Å². The van der Waals surface area contributed by atoms with Gasteiger partial charge in [0, 0.05) is 16.7 Å². The van der Waals surface area contributed by atoms with Crippen LogP contribution in [0.3, 0.4) is 0 Å². The van der Waals surface area contributed by atoms with Gasteiger partial charge in [-0.15, -0.1) is 0 Å². The number of unbranched alkanes of at least 4 members (excludes halogenated alkanes) is 1. The molecular formula is C23H21F3. The molecule has 0 aliphatic heterocycles. The third kappa shape index (κ3) is 3.52. The van der Waals surface area contributed by atoms with Crippen LogP contribution in [0, 0.1) is 24.4 Å². The molecule has 0 heterocycles. The molecule has 134 valence electrons. The molecule has 0 unspecified atom stereocenters. The van der Waals surface area contributed by atoms with E-state index in [1.807, 2.05) is 12.1 Å². The van der Waals surface area contributed by atoms with Crippen molar-refractivity contribution in [1.29, 1.82) is 0 Å². The van der Waals surface area contributed by atoms with Crippen LogP contribution >= 0.6 is 0 Å². The van der Waals surface area contributed by atoms with Crippen molar-refractivity contribution in [2.45, 2.75) is 33.1 Å². The molecule has 0 bridgehead atoms. The lowest BCUT2D eigenvalue weighted by atomic mass is 9.96. The van der Waals surface area contributed by atoms with E-state index in [9.17, 15) is 13.2 Å². The van der Waals surface area contributed by atoms with Gasteiger partial charge in [-0.1, -0.05) is 67.9 Å². The Morgan fingerprint density at radius 2 is 1.31 bits per heavy atom. The zero-order valence-corrected chi connectivity index (χ0v) is 15.0. The highest BCUT2D eigenvalue weighted by Crippen LogP contribution is 2.33. The van der Waals surface area contributed by atoms with E-state index in [0.29, 0.717) is 11.1 Å². The summed E-state index contributed by atoms with van der Waals surface area (Å²) in [5.74, 6) is -2.51. The van der Waals surface area contributed by atoms with Crippen LogP contribution in [0.4, 0.5) is 13.2 Å². The van der Waals surface area contributed by atoms with Gasteiger partial charge in [0.25, 0.3) is 0 Å². The SMILES string of the molecule is CCCCc1ccc(-c2ccc(-c3cccc(C)c3F)c(F)c2F)cc1. The van der Waals surface area contributed by atoms with Crippen molar-refractivity contribution in [3.63, 3.8) is 0 Å². The molecule has 0 saturated carbocycles. The van der Waals surface area contributed by atoms with Crippen LogP contribution in [0.1, 0.15) is 30.9 Å². The van der Waals surface area contributed by atoms with E-state index >= 15 is 0 Å². The second-order valence-electron chi connectivity index (χ2n) is 6.53. The summed E-state index contributed by atoms with van der Waals surface area (Å²) in [6.07, 6.45) is 3.18. The number of hydrogen-bond donors (Lipinski definition) is 0. The maximum atomic E-state index is 14.7. The smallest absolute Gasteiger partial charge is 0.167 e. The van der Waals surface area contributed by atoms with E-state index in [1.54, 1.807) is 31.2 Å². The van der Waals surface area contributed by atoms with Crippen LogP contribution in [-0.2, 0) is 6.42 Å². The summed E-state index contributed by atoms with van der Waals surface area (Å²) >= 11 is 0. The molecule has 0 aromatic heterocycles. The first kappa shape index (κ1) is 18.2. The van der Waals surface area contributed by atoms with E-state index in [0.717, 1.165) is 19.3 Å². The van der Waals surface area contributed by atoms with Crippen molar-refractivity contribution >= 4 is 0 Å². The topological polar surface area (TPSA) is 0 Å². The minimum absolute atomic E-state index is 0.0629. The molecule has 0 amide bonds. The summed E-state index contributed by atoms with van der Waals surface area (Å²) in [4.78, 5) is 0. The van der Waals surface area contributed by atoms with E-state index in [-0.39, 0.29) is 16.7 Å². The minimum Gasteiger partial charge on any atom is -0.206 e. The second-order valence-corrected chi connectivity index (χ2v) is 6.53. The van der Waals surface area contributed by atoms with Crippen molar-refractivity contribution in [3.8, 4) is 22.3 Å². The van der Waals surface area contributed by atoms with Crippen molar-refractivity contribution in [2.24, 2.45) is 0 Å². The van der Waals surface area contributed by atoms with Crippen LogP contribution < -0.4 is 0 Å². The van der Waals surface area contributed by atoms with Gasteiger partial charge in [-0.3, -0.25) is 0 Å². The van der Waals surface area contributed by atoms with Gasteiger partial charge in [-0.2, -0.15) is 0 Å². The molecule has 3 heteroatoms. The van der Waals surface area contributed by atoms with Crippen molar-refractivity contribution in [1.82, 2.24) is 0 Å². The summed E-state index contributed by atoms with van der Waals surface area (Å²) < 4.78 is 43.6. The Hall–Kier alpha value is -2.55. The lowest BCUT2D eigenvalue weighted by Gasteiger charge is -2.11. The maximum Gasteiger partial charge on any atom is 0.167 e. The Kier molecular flexibility index (Phi) is 5.46. The molecule has 3 aromatic rings. The zero-order chi connectivity index (χ0) is 18.7. The van der Waals surface area contributed by atoms with Gasteiger partial charge >= 0.3 is 0 Å². The lowest BCUT2D eigenvalue weighted by molar-refractivity contribution is 0.512. The first-order valence-corrected chi connectivity index (χ1v) is 8.85. The number of aryl methyl sites for hydroxylation is 2. The molecule has 0 atom stereocenters. The standard InChI is InChI=1S/C23H21F3/c1-3-4-7-16-9-11-17(12-10-16)18-13-14-20(23(26)22(18)25)19-8-5-6-15(2)21(19)24/h5-6,8-14H,3-4,7H2,1-2H3. The van der Waals surface area contributed by atoms with Gasteiger partial charge in [-0.05, 0) is 36.5 Å². The monoisotopic (exact) mass is 354 g/mol. The number of benzene rings is 3. The summed E-state index contributed by atoms with van der Waals surface area (Å²) in [7, 11) is 0. The highest BCUT2D eigenvalue weighted by Gasteiger charge is 2.18. The van der Waals surface area contributed by atoms with Crippen molar-refractivity contribution < 1.29 is 13.2 Å². The fourth-order valence-corrected chi connectivity index (χ4v) is 3.07. The molecular weight excluding hydrogens is 333 g/mol. The predicted molar refractivity (Wildman–Crippen MR) is 101 cm³/mol. The number of hydrogen-bond acceptors (Lipinski definition) is 0. The van der Waals surface area contributed by atoms with Gasteiger partial charge in [0.2, 0.25) is 0 Å². The number of halogens is 3. The van der Waals surface area contributed by atoms with E-state index in [4.69, 9.17) is 0 Å². The highest BCUT2D eigenvalue weighted by atomic mass is 19.2. The quantitative estimate of drug-likeness (QED) is 0.459. The normalized spacial score (nSPS) is 11.0. The second kappa shape index (κ2) is 7.77. The van der Waals surface area contributed by atoms with Crippen molar-refractivity contribution in [3.05, 3.63) is 83.2 Å². The molecule has 0 saturated heterocycles. The molecule has 0 N–H and O–H groups in total. The highest BCUT2D eigenvalue weighted by molar-refractivity contribution is 5.72. The van der Waals surface area contributed by atoms with Crippen LogP contribution in [0.5, 0.6) is 0 Å². The first-order valence-electron chi connectivity index (χ1n) is 8.85. The molecule has 0 fully saturated rings. The minimum atomic E-state index is -1.03. The Bertz CT molecular complexity index is 911. The Morgan fingerprint density at radius 1 is 0.692 bits per heavy atom. The Morgan fingerprint density at radius 3 is 2.00 bits per heavy atom. The molecule has 0 spiro atoms. The summed E-state index contributed by atoms with van der Waals surface area (Å²) in [6, 6.07) is 15.1. The molecule has 0 radical (unpaired) electrons. The van der Waals surface area contributed by atoms with Crippen LogP contribution in [0.25, 0.3) is 22.3 Å².